The molecule has 0 heterocycles. The lowest BCUT2D eigenvalue weighted by Crippen LogP contribution is -2.14. The highest BCUT2D eigenvalue weighted by atomic mass is 19.2. The second-order valence-electron chi connectivity index (χ2n) is 7.36. The average molecular weight is 436 g/mol. The molecule has 0 saturated heterocycles. The Bertz CT molecular complexity index is 1090. The number of benzene rings is 3. The van der Waals surface area contributed by atoms with Crippen molar-refractivity contribution in [3.63, 3.8) is 0 Å². The summed E-state index contributed by atoms with van der Waals surface area (Å²) in [6.45, 7) is 2.09. The molecule has 0 radical (unpaired) electrons. The van der Waals surface area contributed by atoms with Crippen LogP contribution >= 0.6 is 0 Å². The molecule has 31 heavy (non-hydrogen) atoms. The average Bonchev–Trinajstić information content (AvgIpc) is 2.71. The summed E-state index contributed by atoms with van der Waals surface area (Å²) >= 11 is 0. The van der Waals surface area contributed by atoms with E-state index >= 15 is 0 Å². The number of aryl methyl sites for hydroxylation is 1. The van der Waals surface area contributed by atoms with Crippen LogP contribution in [-0.4, -0.2) is 5.97 Å². The van der Waals surface area contributed by atoms with Gasteiger partial charge < -0.3 is 4.74 Å². The van der Waals surface area contributed by atoms with Crippen LogP contribution < -0.4 is 4.74 Å². The highest BCUT2D eigenvalue weighted by molar-refractivity contribution is 5.92. The normalized spacial score (nSPS) is 11.2. The fourth-order valence-electron chi connectivity index (χ4n) is 3.40. The molecule has 0 aliphatic carbocycles. The first kappa shape index (κ1) is 22.7. The van der Waals surface area contributed by atoms with Crippen molar-refractivity contribution in [3.05, 3.63) is 76.6 Å². The van der Waals surface area contributed by atoms with E-state index in [1.54, 1.807) is 0 Å². The SMILES string of the molecule is CCCCCCCc1cc(F)c(C(=O)Oc2ccc3c(F)c(F)c(F)cc3c2)c(F)c1. The van der Waals surface area contributed by atoms with Gasteiger partial charge in [0.1, 0.15) is 22.9 Å². The van der Waals surface area contributed by atoms with E-state index in [4.69, 9.17) is 4.74 Å². The quantitative estimate of drug-likeness (QED) is 0.122. The zero-order valence-electron chi connectivity index (χ0n) is 16.9. The molecule has 2 nitrogen and oxygen atoms in total. The van der Waals surface area contributed by atoms with E-state index in [9.17, 15) is 26.7 Å². The molecule has 3 aromatic rings. The highest BCUT2D eigenvalue weighted by Gasteiger charge is 2.21. The van der Waals surface area contributed by atoms with Gasteiger partial charge in [-0.15, -0.1) is 0 Å². The summed E-state index contributed by atoms with van der Waals surface area (Å²) in [5.41, 5.74) is -0.409. The predicted octanol–water partition coefficient (Wildman–Crippen LogP) is 7.27. The van der Waals surface area contributed by atoms with Crippen LogP contribution in [0, 0.1) is 29.1 Å². The summed E-state index contributed by atoms with van der Waals surface area (Å²) < 4.78 is 74.4. The van der Waals surface area contributed by atoms with Crippen LogP contribution in [0.3, 0.4) is 0 Å². The number of rotatable bonds is 8. The predicted molar refractivity (Wildman–Crippen MR) is 108 cm³/mol. The Morgan fingerprint density at radius 1 is 0.806 bits per heavy atom. The van der Waals surface area contributed by atoms with E-state index in [-0.39, 0.29) is 16.5 Å². The van der Waals surface area contributed by atoms with Crippen molar-refractivity contribution in [1.29, 1.82) is 0 Å². The Labute approximate surface area is 176 Å². The first-order valence-electron chi connectivity index (χ1n) is 10.1. The lowest BCUT2D eigenvalue weighted by molar-refractivity contribution is 0.0725. The Hall–Kier alpha value is -2.96. The van der Waals surface area contributed by atoms with Crippen molar-refractivity contribution in [2.24, 2.45) is 0 Å². The van der Waals surface area contributed by atoms with Crippen LogP contribution in [-0.2, 0) is 6.42 Å². The zero-order chi connectivity index (χ0) is 22.5. The molecule has 3 rings (SSSR count). The fourth-order valence-corrected chi connectivity index (χ4v) is 3.40. The van der Waals surface area contributed by atoms with Crippen molar-refractivity contribution in [1.82, 2.24) is 0 Å². The van der Waals surface area contributed by atoms with Crippen molar-refractivity contribution >= 4 is 16.7 Å². The van der Waals surface area contributed by atoms with E-state index < -0.39 is 40.6 Å². The Morgan fingerprint density at radius 3 is 2.16 bits per heavy atom. The van der Waals surface area contributed by atoms with E-state index in [1.807, 2.05) is 0 Å². The largest absolute Gasteiger partial charge is 0.423 e. The van der Waals surface area contributed by atoms with Crippen LogP contribution in [0.1, 0.15) is 54.9 Å². The number of halogens is 5. The van der Waals surface area contributed by atoms with E-state index in [2.05, 4.69) is 6.92 Å². The van der Waals surface area contributed by atoms with Crippen molar-refractivity contribution < 1.29 is 31.5 Å². The summed E-state index contributed by atoms with van der Waals surface area (Å²) in [5, 5.41) is -0.291. The molecule has 0 aromatic heterocycles. The highest BCUT2D eigenvalue weighted by Crippen LogP contribution is 2.28. The van der Waals surface area contributed by atoms with Gasteiger partial charge in [0, 0.05) is 5.39 Å². The van der Waals surface area contributed by atoms with Gasteiger partial charge in [0.25, 0.3) is 0 Å². The summed E-state index contributed by atoms with van der Waals surface area (Å²) in [6, 6.07) is 6.24. The topological polar surface area (TPSA) is 26.3 Å². The Balaban J connectivity index is 1.76. The fraction of sp³-hybridized carbons (Fsp3) is 0.292. The number of carbonyl (C=O) groups is 1. The van der Waals surface area contributed by atoms with Crippen molar-refractivity contribution in [2.45, 2.75) is 45.4 Å². The van der Waals surface area contributed by atoms with Gasteiger partial charge in [-0.25, -0.2) is 26.7 Å². The Kier molecular flexibility index (Phi) is 7.25. The molecule has 0 spiro atoms. The molecule has 3 aromatic carbocycles. The second kappa shape index (κ2) is 9.90. The van der Waals surface area contributed by atoms with Gasteiger partial charge in [0.05, 0.1) is 0 Å². The molecule has 0 saturated carbocycles. The lowest BCUT2D eigenvalue weighted by atomic mass is 10.0. The van der Waals surface area contributed by atoms with Crippen LogP contribution in [0.4, 0.5) is 22.0 Å². The number of hydrogen-bond donors (Lipinski definition) is 0. The number of hydrogen-bond acceptors (Lipinski definition) is 2. The summed E-state index contributed by atoms with van der Waals surface area (Å²) in [6.07, 6.45) is 5.49. The molecule has 0 bridgehead atoms. The third kappa shape index (κ3) is 5.21. The van der Waals surface area contributed by atoms with Crippen LogP contribution in [0.15, 0.2) is 36.4 Å². The van der Waals surface area contributed by atoms with Gasteiger partial charge in [-0.3, -0.25) is 0 Å². The molecule has 164 valence electrons. The third-order valence-electron chi connectivity index (χ3n) is 5.03. The van der Waals surface area contributed by atoms with Crippen LogP contribution in [0.25, 0.3) is 10.8 Å². The molecule has 0 unspecified atom stereocenters. The number of unbranched alkanes of at least 4 members (excludes halogenated alkanes) is 4. The minimum atomic E-state index is -1.62. The first-order valence-corrected chi connectivity index (χ1v) is 10.1. The maximum atomic E-state index is 14.4. The maximum absolute atomic E-state index is 14.4. The number of carbonyl (C=O) groups excluding carboxylic acids is 1. The first-order chi connectivity index (χ1) is 14.8. The van der Waals surface area contributed by atoms with Crippen molar-refractivity contribution in [2.75, 3.05) is 0 Å². The van der Waals surface area contributed by atoms with Crippen LogP contribution in [0.2, 0.25) is 0 Å². The maximum Gasteiger partial charge on any atom is 0.349 e. The van der Waals surface area contributed by atoms with Gasteiger partial charge >= 0.3 is 5.97 Å². The monoisotopic (exact) mass is 436 g/mol. The lowest BCUT2D eigenvalue weighted by Gasteiger charge is -2.10. The van der Waals surface area contributed by atoms with Crippen molar-refractivity contribution in [3.8, 4) is 5.75 Å². The van der Waals surface area contributed by atoms with Gasteiger partial charge in [-0.2, -0.15) is 0 Å². The zero-order valence-corrected chi connectivity index (χ0v) is 16.9. The van der Waals surface area contributed by atoms with E-state index in [1.165, 1.54) is 0 Å². The summed E-state index contributed by atoms with van der Waals surface area (Å²) in [5.74, 6) is -7.98. The Morgan fingerprint density at radius 2 is 1.48 bits per heavy atom. The molecule has 0 fully saturated rings. The second-order valence-corrected chi connectivity index (χ2v) is 7.36. The number of ether oxygens (including phenoxy) is 1. The molecule has 0 aliphatic rings. The summed E-state index contributed by atoms with van der Waals surface area (Å²) in [4.78, 5) is 12.3. The van der Waals surface area contributed by atoms with Gasteiger partial charge in [-0.05, 0) is 60.2 Å². The molecule has 7 heteroatoms. The van der Waals surface area contributed by atoms with Gasteiger partial charge in [0.2, 0.25) is 0 Å². The van der Waals surface area contributed by atoms with Gasteiger partial charge in [-0.1, -0.05) is 32.6 Å². The van der Waals surface area contributed by atoms with E-state index in [0.717, 1.165) is 68.5 Å². The molecule has 0 aliphatic heterocycles. The molecular weight excluding hydrogens is 415 g/mol. The molecule has 0 amide bonds. The summed E-state index contributed by atoms with van der Waals surface area (Å²) in [7, 11) is 0. The smallest absolute Gasteiger partial charge is 0.349 e. The minimum Gasteiger partial charge on any atom is -0.423 e. The molecule has 0 atom stereocenters. The number of fused-ring (bicyclic) bond motifs is 1. The molecular formula is C24H21F5O2. The minimum absolute atomic E-state index is 0.0685. The van der Waals surface area contributed by atoms with Crippen LogP contribution in [0.5, 0.6) is 5.75 Å². The molecule has 0 N–H and O–H groups in total. The standard InChI is InChI=1S/C24H21F5O2/c1-2-3-4-5-6-7-14-10-18(25)21(19(26)11-14)24(30)31-16-8-9-17-15(12-16)13-20(27)23(29)22(17)28/h8-13H,2-7H2,1H3. The van der Waals surface area contributed by atoms with Gasteiger partial charge in [0.15, 0.2) is 17.5 Å². The third-order valence-corrected chi connectivity index (χ3v) is 5.03. The number of esters is 1. The van der Waals surface area contributed by atoms with E-state index in [0.29, 0.717) is 12.0 Å².